The molecule has 2 fully saturated rings. The van der Waals surface area contributed by atoms with Crippen molar-refractivity contribution in [1.29, 1.82) is 0 Å². The van der Waals surface area contributed by atoms with Crippen molar-refractivity contribution in [3.05, 3.63) is 0 Å². The smallest absolute Gasteiger partial charge is 0.0933 e. The van der Waals surface area contributed by atoms with Crippen molar-refractivity contribution in [2.45, 2.75) is 56.1 Å². The molecule has 0 aromatic carbocycles. The molecule has 2 heteroatoms. The topological polar surface area (TPSA) is 40.5 Å². The Balaban J connectivity index is 2.24. The molecule has 2 unspecified atom stereocenters. The van der Waals surface area contributed by atoms with E-state index in [1.807, 2.05) is 0 Å². The monoisotopic (exact) mass is 156 g/mol. The van der Waals surface area contributed by atoms with E-state index >= 15 is 0 Å². The van der Waals surface area contributed by atoms with Gasteiger partial charge in [-0.15, -0.1) is 0 Å². The molecule has 2 nitrogen and oxygen atoms in total. The van der Waals surface area contributed by atoms with Crippen molar-refractivity contribution in [2.24, 2.45) is 0 Å². The zero-order valence-corrected chi connectivity index (χ0v) is 6.84. The van der Waals surface area contributed by atoms with Gasteiger partial charge in [0.25, 0.3) is 0 Å². The van der Waals surface area contributed by atoms with Crippen molar-refractivity contribution in [2.75, 3.05) is 0 Å². The van der Waals surface area contributed by atoms with E-state index in [4.69, 9.17) is 0 Å². The van der Waals surface area contributed by atoms with Gasteiger partial charge in [0, 0.05) is 0 Å². The van der Waals surface area contributed by atoms with E-state index in [1.54, 1.807) is 0 Å². The van der Waals surface area contributed by atoms with E-state index in [9.17, 15) is 10.2 Å². The lowest BCUT2D eigenvalue weighted by molar-refractivity contribution is -0.153. The average Bonchev–Trinajstić information content (AvgIpc) is 2.25. The van der Waals surface area contributed by atoms with Crippen LogP contribution in [0.2, 0.25) is 0 Å². The summed E-state index contributed by atoms with van der Waals surface area (Å²) >= 11 is 0. The standard InChI is InChI=1S/C9H16O2/c10-8-4-1-2-5-9(8,11)7-3-6-8/h10-11H,1-7H2. The fraction of sp³-hybridized carbons (Fsp3) is 1.00. The Morgan fingerprint density at radius 3 is 1.45 bits per heavy atom. The largest absolute Gasteiger partial charge is 0.387 e. The minimum atomic E-state index is -0.717. The third-order valence-electron chi connectivity index (χ3n) is 3.48. The third kappa shape index (κ3) is 0.926. The molecule has 2 N–H and O–H groups in total. The highest BCUT2D eigenvalue weighted by Crippen LogP contribution is 2.48. The molecule has 2 atom stereocenters. The van der Waals surface area contributed by atoms with Crippen LogP contribution < -0.4 is 0 Å². The van der Waals surface area contributed by atoms with Gasteiger partial charge in [0.15, 0.2) is 0 Å². The van der Waals surface area contributed by atoms with Crippen LogP contribution in [-0.2, 0) is 0 Å². The number of hydrogen-bond donors (Lipinski definition) is 2. The Morgan fingerprint density at radius 1 is 0.636 bits per heavy atom. The molecule has 0 aromatic rings. The van der Waals surface area contributed by atoms with Gasteiger partial charge in [-0.1, -0.05) is 12.8 Å². The first-order valence-corrected chi connectivity index (χ1v) is 4.61. The van der Waals surface area contributed by atoms with Crippen LogP contribution in [0.4, 0.5) is 0 Å². The van der Waals surface area contributed by atoms with Crippen LogP contribution in [0.25, 0.3) is 0 Å². The van der Waals surface area contributed by atoms with Gasteiger partial charge in [0.2, 0.25) is 0 Å². The van der Waals surface area contributed by atoms with Gasteiger partial charge < -0.3 is 10.2 Å². The van der Waals surface area contributed by atoms with Crippen molar-refractivity contribution in [1.82, 2.24) is 0 Å². The van der Waals surface area contributed by atoms with Crippen LogP contribution in [0.1, 0.15) is 44.9 Å². The summed E-state index contributed by atoms with van der Waals surface area (Å²) in [5.74, 6) is 0. The second-order valence-electron chi connectivity index (χ2n) is 4.12. The predicted molar refractivity (Wildman–Crippen MR) is 42.2 cm³/mol. The highest BCUT2D eigenvalue weighted by Gasteiger charge is 2.53. The van der Waals surface area contributed by atoms with Crippen molar-refractivity contribution in [3.8, 4) is 0 Å². The van der Waals surface area contributed by atoms with Gasteiger partial charge >= 0.3 is 0 Å². The van der Waals surface area contributed by atoms with E-state index in [-0.39, 0.29) is 0 Å². The minimum Gasteiger partial charge on any atom is -0.387 e. The second kappa shape index (κ2) is 2.20. The number of fused-ring (bicyclic) bond motifs is 1. The summed E-state index contributed by atoms with van der Waals surface area (Å²) in [6, 6.07) is 0. The zero-order chi connectivity index (χ0) is 7.95. The molecule has 2 saturated carbocycles. The highest BCUT2D eigenvalue weighted by atomic mass is 16.4. The minimum absolute atomic E-state index is 0.717. The van der Waals surface area contributed by atoms with Gasteiger partial charge in [-0.3, -0.25) is 0 Å². The molecular formula is C9H16O2. The van der Waals surface area contributed by atoms with Crippen LogP contribution in [-0.4, -0.2) is 21.4 Å². The SMILES string of the molecule is OC12CCCCC1(O)CCC2. The summed E-state index contributed by atoms with van der Waals surface area (Å²) in [5.41, 5.74) is -1.43. The molecule has 0 radical (unpaired) electrons. The molecule has 0 bridgehead atoms. The van der Waals surface area contributed by atoms with Crippen LogP contribution in [0.15, 0.2) is 0 Å². The molecule has 0 spiro atoms. The first-order valence-electron chi connectivity index (χ1n) is 4.61. The Hall–Kier alpha value is -0.0800. The normalized spacial score (nSPS) is 50.7. The van der Waals surface area contributed by atoms with Crippen LogP contribution >= 0.6 is 0 Å². The summed E-state index contributed by atoms with van der Waals surface area (Å²) in [6.07, 6.45) is 6.39. The summed E-state index contributed by atoms with van der Waals surface area (Å²) in [5, 5.41) is 20.0. The molecule has 2 aliphatic carbocycles. The lowest BCUT2D eigenvalue weighted by Gasteiger charge is -2.42. The molecule has 0 heterocycles. The number of hydrogen-bond acceptors (Lipinski definition) is 2. The van der Waals surface area contributed by atoms with Crippen LogP contribution in [0, 0.1) is 0 Å². The van der Waals surface area contributed by atoms with Crippen molar-refractivity contribution < 1.29 is 10.2 Å². The molecule has 64 valence electrons. The number of aliphatic hydroxyl groups is 2. The average molecular weight is 156 g/mol. The van der Waals surface area contributed by atoms with E-state index < -0.39 is 11.2 Å². The highest BCUT2D eigenvalue weighted by molar-refractivity contribution is 5.06. The quantitative estimate of drug-likeness (QED) is 0.553. The first-order chi connectivity index (χ1) is 5.16. The maximum Gasteiger partial charge on any atom is 0.0933 e. The fourth-order valence-corrected chi connectivity index (χ4v) is 2.69. The van der Waals surface area contributed by atoms with Gasteiger partial charge in [-0.05, 0) is 32.1 Å². The van der Waals surface area contributed by atoms with E-state index in [0.29, 0.717) is 0 Å². The molecule has 0 amide bonds. The summed E-state index contributed by atoms with van der Waals surface area (Å²) in [6.45, 7) is 0. The first kappa shape index (κ1) is 7.56. The molecule has 2 rings (SSSR count). The molecule has 2 aliphatic rings. The van der Waals surface area contributed by atoms with E-state index in [1.165, 1.54) is 0 Å². The zero-order valence-electron chi connectivity index (χ0n) is 6.84. The molecule has 0 saturated heterocycles. The van der Waals surface area contributed by atoms with Gasteiger partial charge in [0.05, 0.1) is 11.2 Å². The lowest BCUT2D eigenvalue weighted by atomic mass is 9.74. The summed E-state index contributed by atoms with van der Waals surface area (Å²) in [7, 11) is 0. The summed E-state index contributed by atoms with van der Waals surface area (Å²) < 4.78 is 0. The van der Waals surface area contributed by atoms with E-state index in [0.717, 1.165) is 44.9 Å². The molecule has 0 aliphatic heterocycles. The van der Waals surface area contributed by atoms with Crippen LogP contribution in [0.3, 0.4) is 0 Å². The Morgan fingerprint density at radius 2 is 1.00 bits per heavy atom. The molecule has 0 aromatic heterocycles. The predicted octanol–water partition coefficient (Wildman–Crippen LogP) is 1.21. The third-order valence-corrected chi connectivity index (χ3v) is 3.48. The van der Waals surface area contributed by atoms with Gasteiger partial charge in [-0.25, -0.2) is 0 Å². The Kier molecular flexibility index (Phi) is 1.52. The molecular weight excluding hydrogens is 140 g/mol. The summed E-state index contributed by atoms with van der Waals surface area (Å²) in [4.78, 5) is 0. The molecule has 11 heavy (non-hydrogen) atoms. The maximum atomic E-state index is 10.0. The van der Waals surface area contributed by atoms with E-state index in [2.05, 4.69) is 0 Å². The Labute approximate surface area is 67.2 Å². The fourth-order valence-electron chi connectivity index (χ4n) is 2.69. The second-order valence-corrected chi connectivity index (χ2v) is 4.12. The maximum absolute atomic E-state index is 10.0. The van der Waals surface area contributed by atoms with Crippen molar-refractivity contribution >= 4 is 0 Å². The van der Waals surface area contributed by atoms with Crippen LogP contribution in [0.5, 0.6) is 0 Å². The Bertz CT molecular complexity index is 151. The van der Waals surface area contributed by atoms with Gasteiger partial charge in [-0.2, -0.15) is 0 Å². The van der Waals surface area contributed by atoms with Gasteiger partial charge in [0.1, 0.15) is 0 Å². The lowest BCUT2D eigenvalue weighted by Crippen LogP contribution is -2.51. The number of rotatable bonds is 0. The van der Waals surface area contributed by atoms with Crippen molar-refractivity contribution in [3.63, 3.8) is 0 Å².